The third-order valence-electron chi connectivity index (χ3n) is 5.05. The largest absolute Gasteiger partial charge is 0.349 e. The average Bonchev–Trinajstić information content (AvgIpc) is 2.70. The quantitative estimate of drug-likeness (QED) is 0.707. The minimum absolute atomic E-state index is 0.00188. The van der Waals surface area contributed by atoms with Gasteiger partial charge >= 0.3 is 0 Å². The molecular weight excluding hydrogens is 374 g/mol. The number of rotatable bonds is 4. The van der Waals surface area contributed by atoms with Gasteiger partial charge in [0.15, 0.2) is 0 Å². The molecule has 0 unspecified atom stereocenters. The topological polar surface area (TPSA) is 74.8 Å². The van der Waals surface area contributed by atoms with Gasteiger partial charge in [0.05, 0.1) is 12.5 Å². The van der Waals surface area contributed by atoms with Crippen molar-refractivity contribution in [2.24, 2.45) is 0 Å². The van der Waals surface area contributed by atoms with Crippen molar-refractivity contribution in [3.05, 3.63) is 86.8 Å². The molecule has 4 rings (SSSR count). The maximum atomic E-state index is 12.5. The highest BCUT2D eigenvalue weighted by atomic mass is 35.5. The summed E-state index contributed by atoms with van der Waals surface area (Å²) in [6.07, 6.45) is 4.46. The van der Waals surface area contributed by atoms with E-state index in [-0.39, 0.29) is 23.9 Å². The number of nitrogens with one attached hydrogen (secondary N) is 2. The molecule has 28 heavy (non-hydrogen) atoms. The number of hydrogen-bond acceptors (Lipinski definition) is 3. The molecule has 0 aliphatic heterocycles. The number of aryl methyl sites for hydroxylation is 1. The fourth-order valence-corrected chi connectivity index (χ4v) is 3.75. The van der Waals surface area contributed by atoms with Crippen molar-refractivity contribution < 1.29 is 4.79 Å². The van der Waals surface area contributed by atoms with Crippen LogP contribution in [0.2, 0.25) is 5.02 Å². The number of aromatic nitrogens is 2. The molecule has 1 atom stereocenters. The number of nitrogens with zero attached hydrogens (tertiary/aromatic N) is 1. The van der Waals surface area contributed by atoms with E-state index in [4.69, 9.17) is 11.6 Å². The van der Waals surface area contributed by atoms with Crippen LogP contribution in [0.5, 0.6) is 0 Å². The predicted octanol–water partition coefficient (Wildman–Crippen LogP) is 3.83. The molecule has 2 N–H and O–H groups in total. The highest BCUT2D eigenvalue weighted by Crippen LogP contribution is 2.29. The van der Waals surface area contributed by atoms with E-state index >= 15 is 0 Å². The van der Waals surface area contributed by atoms with E-state index in [0.29, 0.717) is 16.4 Å². The summed E-state index contributed by atoms with van der Waals surface area (Å²) in [6, 6.07) is 15.2. The molecule has 142 valence electrons. The van der Waals surface area contributed by atoms with E-state index in [0.717, 1.165) is 24.8 Å². The lowest BCUT2D eigenvalue weighted by Gasteiger charge is -2.26. The molecule has 1 aromatic heterocycles. The third kappa shape index (κ3) is 3.99. The van der Waals surface area contributed by atoms with Crippen LogP contribution < -0.4 is 10.9 Å². The second kappa shape index (κ2) is 7.98. The van der Waals surface area contributed by atoms with Gasteiger partial charge in [-0.3, -0.25) is 9.59 Å². The Kier molecular flexibility index (Phi) is 5.26. The molecule has 0 radical (unpaired) electrons. The number of H-pyrrole nitrogens is 1. The Labute approximate surface area is 167 Å². The summed E-state index contributed by atoms with van der Waals surface area (Å²) in [6.45, 7) is 0. The number of hydrogen-bond donors (Lipinski definition) is 2. The molecule has 1 amide bonds. The second-order valence-corrected chi connectivity index (χ2v) is 7.42. The van der Waals surface area contributed by atoms with E-state index in [9.17, 15) is 9.59 Å². The standard InChI is InChI=1S/C22H20ClN3O2/c23-17-10-8-15(9-11-17)21-24-13-16(22(28)26-21)12-20(27)25-19-7-3-5-14-4-1-2-6-18(14)19/h1-2,4,6,8-11,13,19H,3,5,7,12H2,(H,25,27)(H,24,26,28)/t19-/m0/s1. The number of halogens is 1. The molecule has 0 saturated heterocycles. The van der Waals surface area contributed by atoms with Gasteiger partial charge in [-0.1, -0.05) is 35.9 Å². The minimum Gasteiger partial charge on any atom is -0.349 e. The van der Waals surface area contributed by atoms with Gasteiger partial charge in [0, 0.05) is 22.3 Å². The molecule has 1 aliphatic rings. The van der Waals surface area contributed by atoms with Crippen molar-refractivity contribution >= 4 is 17.5 Å². The molecule has 0 spiro atoms. The highest BCUT2D eigenvalue weighted by Gasteiger charge is 2.21. The summed E-state index contributed by atoms with van der Waals surface area (Å²) < 4.78 is 0. The SMILES string of the molecule is O=C(Cc1cnc(-c2ccc(Cl)cc2)[nH]c1=O)N[C@H]1CCCc2ccccc21. The monoisotopic (exact) mass is 393 g/mol. The Morgan fingerprint density at radius 2 is 1.96 bits per heavy atom. The lowest BCUT2D eigenvalue weighted by Crippen LogP contribution is -2.33. The molecule has 2 aromatic carbocycles. The fourth-order valence-electron chi connectivity index (χ4n) is 3.62. The van der Waals surface area contributed by atoms with Gasteiger partial charge in [0.25, 0.3) is 5.56 Å². The van der Waals surface area contributed by atoms with Crippen LogP contribution in [0, 0.1) is 0 Å². The summed E-state index contributed by atoms with van der Waals surface area (Å²) in [5.41, 5.74) is 3.26. The first-order valence-electron chi connectivity index (χ1n) is 9.31. The number of carbonyl (C=O) groups excluding carboxylic acids is 1. The Balaban J connectivity index is 1.47. The maximum absolute atomic E-state index is 12.5. The average molecular weight is 394 g/mol. The Morgan fingerprint density at radius 3 is 2.75 bits per heavy atom. The van der Waals surface area contributed by atoms with Crippen LogP contribution in [-0.4, -0.2) is 15.9 Å². The molecule has 0 saturated carbocycles. The Morgan fingerprint density at radius 1 is 1.18 bits per heavy atom. The van der Waals surface area contributed by atoms with Crippen LogP contribution in [0.25, 0.3) is 11.4 Å². The van der Waals surface area contributed by atoms with Crippen molar-refractivity contribution in [3.8, 4) is 11.4 Å². The van der Waals surface area contributed by atoms with Gasteiger partial charge in [-0.15, -0.1) is 0 Å². The normalized spacial score (nSPS) is 15.7. The Bertz CT molecular complexity index is 1060. The van der Waals surface area contributed by atoms with Gasteiger partial charge in [-0.05, 0) is 54.7 Å². The Hall–Kier alpha value is -2.92. The van der Waals surface area contributed by atoms with Gasteiger partial charge in [0.2, 0.25) is 5.91 Å². The summed E-state index contributed by atoms with van der Waals surface area (Å²) >= 11 is 5.89. The zero-order chi connectivity index (χ0) is 19.5. The second-order valence-electron chi connectivity index (χ2n) is 6.98. The number of carbonyl (C=O) groups is 1. The van der Waals surface area contributed by atoms with Gasteiger partial charge in [0.1, 0.15) is 5.82 Å². The molecular formula is C22H20ClN3O2. The van der Waals surface area contributed by atoms with Crippen LogP contribution in [0.15, 0.2) is 59.5 Å². The van der Waals surface area contributed by atoms with E-state index in [1.54, 1.807) is 24.3 Å². The zero-order valence-electron chi connectivity index (χ0n) is 15.2. The van der Waals surface area contributed by atoms with Crippen molar-refractivity contribution in [2.75, 3.05) is 0 Å². The molecule has 6 heteroatoms. The number of benzene rings is 2. The number of amides is 1. The molecule has 0 bridgehead atoms. The smallest absolute Gasteiger partial charge is 0.254 e. The van der Waals surface area contributed by atoms with Crippen LogP contribution in [0.1, 0.15) is 35.6 Å². The molecule has 1 heterocycles. The van der Waals surface area contributed by atoms with Crippen molar-refractivity contribution in [3.63, 3.8) is 0 Å². The molecule has 0 fully saturated rings. The van der Waals surface area contributed by atoms with Crippen LogP contribution in [0.4, 0.5) is 0 Å². The van der Waals surface area contributed by atoms with E-state index < -0.39 is 0 Å². The maximum Gasteiger partial charge on any atom is 0.254 e. The zero-order valence-corrected chi connectivity index (χ0v) is 16.0. The van der Waals surface area contributed by atoms with Crippen LogP contribution in [-0.2, 0) is 17.6 Å². The number of fused-ring (bicyclic) bond motifs is 1. The highest BCUT2D eigenvalue weighted by molar-refractivity contribution is 6.30. The molecule has 3 aromatic rings. The van der Waals surface area contributed by atoms with E-state index in [1.165, 1.54) is 17.3 Å². The summed E-state index contributed by atoms with van der Waals surface area (Å²) in [5.74, 6) is 0.278. The van der Waals surface area contributed by atoms with Crippen LogP contribution >= 0.6 is 11.6 Å². The van der Waals surface area contributed by atoms with Crippen molar-refractivity contribution in [2.45, 2.75) is 31.7 Å². The first-order chi connectivity index (χ1) is 13.6. The fraction of sp³-hybridized carbons (Fsp3) is 0.227. The summed E-state index contributed by atoms with van der Waals surface area (Å²) in [4.78, 5) is 32.0. The van der Waals surface area contributed by atoms with E-state index in [1.807, 2.05) is 12.1 Å². The van der Waals surface area contributed by atoms with Crippen molar-refractivity contribution in [1.82, 2.24) is 15.3 Å². The summed E-state index contributed by atoms with van der Waals surface area (Å²) in [7, 11) is 0. The predicted molar refractivity (Wildman–Crippen MR) is 109 cm³/mol. The van der Waals surface area contributed by atoms with Gasteiger partial charge in [-0.2, -0.15) is 0 Å². The van der Waals surface area contributed by atoms with Crippen molar-refractivity contribution in [1.29, 1.82) is 0 Å². The molecule has 5 nitrogen and oxygen atoms in total. The van der Waals surface area contributed by atoms with Gasteiger partial charge < -0.3 is 10.3 Å². The third-order valence-corrected chi connectivity index (χ3v) is 5.30. The van der Waals surface area contributed by atoms with Gasteiger partial charge in [-0.25, -0.2) is 4.98 Å². The molecule has 1 aliphatic carbocycles. The summed E-state index contributed by atoms with van der Waals surface area (Å²) in [5, 5.41) is 3.68. The lowest BCUT2D eigenvalue weighted by atomic mass is 9.87. The van der Waals surface area contributed by atoms with Crippen LogP contribution in [0.3, 0.4) is 0 Å². The first kappa shape index (κ1) is 18.4. The lowest BCUT2D eigenvalue weighted by molar-refractivity contribution is -0.121. The van der Waals surface area contributed by atoms with E-state index in [2.05, 4.69) is 27.4 Å². The first-order valence-corrected chi connectivity index (χ1v) is 9.69. The number of aromatic amines is 1. The minimum atomic E-state index is -0.306.